The predicted octanol–water partition coefficient (Wildman–Crippen LogP) is 6.41. The molecule has 17 heteroatoms. The molecule has 1 atom stereocenters. The Morgan fingerprint density at radius 2 is 1.87 bits per heavy atom. The van der Waals surface area contributed by atoms with Crippen molar-refractivity contribution in [3.8, 4) is 0 Å². The number of halogens is 3. The van der Waals surface area contributed by atoms with Gasteiger partial charge in [0, 0.05) is 22.7 Å². The van der Waals surface area contributed by atoms with Crippen LogP contribution in [0.1, 0.15) is 35.5 Å². The highest BCUT2D eigenvalue weighted by Gasteiger charge is 2.46. The molecule has 0 aliphatic carbocycles. The molecule has 45 heavy (non-hydrogen) atoms. The summed E-state index contributed by atoms with van der Waals surface area (Å²) in [6, 6.07) is 14.6. The predicted molar refractivity (Wildman–Crippen MR) is 162 cm³/mol. The molecule has 1 amide bonds. The molecule has 1 unspecified atom stereocenters. The Morgan fingerprint density at radius 3 is 2.51 bits per heavy atom. The van der Waals surface area contributed by atoms with E-state index in [1.54, 1.807) is 50.2 Å². The number of phosphoric acid groups is 1. The highest BCUT2D eigenvalue weighted by Crippen LogP contribution is 2.50. The fourth-order valence-corrected chi connectivity index (χ4v) is 6.41. The SMILES string of the molecule is CCOP(=O)(O)OC1(C)CN(c2cc(Nc3cc(C)n[nH]3)nc(Sc3ccc(NC(=O)c4ccccc4C(F)(F)F)cc3)n2)C1. The molecular formula is C28H29F3N7O5PS. The molecular weight excluding hydrogens is 634 g/mol. The smallest absolute Gasteiger partial charge is 0.350 e. The van der Waals surface area contributed by atoms with E-state index < -0.39 is 36.6 Å². The standard InChI is InChI=1S/C28H29F3N7O5PS/c1-4-42-44(40,41)43-27(3)15-38(16-27)24-14-22(33-23-13-17(2)36-37-23)34-26(35-24)45-19-11-9-18(10-12-19)32-25(39)20-7-5-6-8-21(20)28(29,30)31/h5-14H,4,15-16H2,1-3H3,(H,32,39)(H,40,41)(H2,33,34,35,36,37). The maximum atomic E-state index is 13.4. The number of H-pyrrole nitrogens is 1. The largest absolute Gasteiger partial charge is 0.472 e. The van der Waals surface area contributed by atoms with Gasteiger partial charge in [-0.1, -0.05) is 12.1 Å². The summed E-state index contributed by atoms with van der Waals surface area (Å²) < 4.78 is 62.5. The molecule has 1 saturated heterocycles. The van der Waals surface area contributed by atoms with Crippen LogP contribution in [0.25, 0.3) is 0 Å². The lowest BCUT2D eigenvalue weighted by atomic mass is 9.97. The number of benzene rings is 2. The van der Waals surface area contributed by atoms with Gasteiger partial charge in [0.1, 0.15) is 23.1 Å². The van der Waals surface area contributed by atoms with E-state index in [2.05, 4.69) is 30.8 Å². The van der Waals surface area contributed by atoms with Crippen LogP contribution in [0.4, 0.5) is 36.3 Å². The normalized spacial score (nSPS) is 15.7. The third-order valence-electron chi connectivity index (χ3n) is 6.46. The lowest BCUT2D eigenvalue weighted by molar-refractivity contribution is -0.137. The second-order valence-electron chi connectivity index (χ2n) is 10.3. The van der Waals surface area contributed by atoms with Gasteiger partial charge in [-0.15, -0.1) is 0 Å². The molecule has 2 aromatic carbocycles. The van der Waals surface area contributed by atoms with Gasteiger partial charge in [0.05, 0.1) is 36.5 Å². The molecule has 0 radical (unpaired) electrons. The minimum absolute atomic E-state index is 0.0293. The van der Waals surface area contributed by atoms with Crippen molar-refractivity contribution < 1.29 is 36.5 Å². The molecule has 1 aliphatic heterocycles. The van der Waals surface area contributed by atoms with Gasteiger partial charge in [-0.3, -0.25) is 18.9 Å². The average Bonchev–Trinajstić information content (AvgIpc) is 3.36. The Morgan fingerprint density at radius 1 is 1.16 bits per heavy atom. The van der Waals surface area contributed by atoms with E-state index in [-0.39, 0.29) is 19.7 Å². The summed E-state index contributed by atoms with van der Waals surface area (Å²) in [6.45, 7) is 5.69. The second-order valence-corrected chi connectivity index (χ2v) is 12.8. The van der Waals surface area contributed by atoms with Crippen molar-refractivity contribution in [2.24, 2.45) is 0 Å². The van der Waals surface area contributed by atoms with E-state index in [1.807, 2.05) is 11.8 Å². The Kier molecular flexibility index (Phi) is 9.23. The molecule has 1 fully saturated rings. The van der Waals surface area contributed by atoms with Crippen LogP contribution in [0.5, 0.6) is 0 Å². The molecule has 238 valence electrons. The van der Waals surface area contributed by atoms with E-state index in [0.29, 0.717) is 33.2 Å². The molecule has 0 spiro atoms. The van der Waals surface area contributed by atoms with Crippen LogP contribution in [-0.4, -0.2) is 56.3 Å². The zero-order valence-electron chi connectivity index (χ0n) is 24.3. The van der Waals surface area contributed by atoms with E-state index in [4.69, 9.17) is 9.05 Å². The van der Waals surface area contributed by atoms with E-state index in [9.17, 15) is 27.4 Å². The van der Waals surface area contributed by atoms with Gasteiger partial charge in [0.15, 0.2) is 5.16 Å². The summed E-state index contributed by atoms with van der Waals surface area (Å²) in [7, 11) is -4.21. The van der Waals surface area contributed by atoms with E-state index in [0.717, 1.165) is 17.8 Å². The second kappa shape index (κ2) is 12.8. The number of aryl methyl sites for hydroxylation is 1. The van der Waals surface area contributed by atoms with Gasteiger partial charge in [-0.2, -0.15) is 18.3 Å². The Hall–Kier alpha value is -3.95. The lowest BCUT2D eigenvalue weighted by Gasteiger charge is -2.48. The maximum absolute atomic E-state index is 13.4. The van der Waals surface area contributed by atoms with E-state index in [1.165, 1.54) is 23.9 Å². The van der Waals surface area contributed by atoms with Crippen molar-refractivity contribution >= 4 is 48.6 Å². The van der Waals surface area contributed by atoms with Crippen molar-refractivity contribution in [1.82, 2.24) is 20.2 Å². The molecule has 0 saturated carbocycles. The molecule has 3 heterocycles. The molecule has 0 bridgehead atoms. The number of nitrogens with zero attached hydrogens (tertiary/aromatic N) is 4. The molecule has 4 aromatic rings. The van der Waals surface area contributed by atoms with Crippen LogP contribution >= 0.6 is 19.6 Å². The number of hydrogen-bond acceptors (Lipinski definition) is 10. The number of hydrogen-bond donors (Lipinski definition) is 4. The number of carbonyl (C=O) groups is 1. The van der Waals surface area contributed by atoms with E-state index >= 15 is 0 Å². The van der Waals surface area contributed by atoms with Crippen molar-refractivity contribution in [2.75, 3.05) is 35.2 Å². The molecule has 12 nitrogen and oxygen atoms in total. The number of aromatic nitrogens is 4. The number of phosphoric ester groups is 1. The summed E-state index contributed by atoms with van der Waals surface area (Å²) in [5.41, 5.74) is -1.36. The first-order chi connectivity index (χ1) is 21.2. The minimum atomic E-state index is -4.67. The summed E-state index contributed by atoms with van der Waals surface area (Å²) in [5, 5.41) is 13.0. The van der Waals surface area contributed by atoms with Crippen molar-refractivity contribution in [3.63, 3.8) is 0 Å². The third kappa shape index (κ3) is 8.21. The molecule has 2 aromatic heterocycles. The van der Waals surface area contributed by atoms with Gasteiger partial charge in [-0.25, -0.2) is 14.5 Å². The van der Waals surface area contributed by atoms with Gasteiger partial charge < -0.3 is 20.4 Å². The molecule has 1 aliphatic rings. The van der Waals surface area contributed by atoms with Gasteiger partial charge in [0.25, 0.3) is 5.91 Å². The maximum Gasteiger partial charge on any atom is 0.472 e. The Labute approximate surface area is 260 Å². The van der Waals surface area contributed by atoms with Crippen LogP contribution in [0.3, 0.4) is 0 Å². The number of anilines is 4. The number of alkyl halides is 3. The highest BCUT2D eigenvalue weighted by atomic mass is 32.2. The lowest BCUT2D eigenvalue weighted by Crippen LogP contribution is -2.61. The summed E-state index contributed by atoms with van der Waals surface area (Å²) in [6.07, 6.45) is -4.67. The Balaban J connectivity index is 1.32. The van der Waals surface area contributed by atoms with Gasteiger partial charge >= 0.3 is 14.0 Å². The van der Waals surface area contributed by atoms with Crippen LogP contribution in [0.2, 0.25) is 0 Å². The van der Waals surface area contributed by atoms with Gasteiger partial charge in [0.2, 0.25) is 0 Å². The summed E-state index contributed by atoms with van der Waals surface area (Å²) >= 11 is 1.22. The highest BCUT2D eigenvalue weighted by molar-refractivity contribution is 7.99. The number of carbonyl (C=O) groups excluding carboxylic acids is 1. The molecule has 4 N–H and O–H groups in total. The monoisotopic (exact) mass is 663 g/mol. The fraction of sp³-hybridized carbons (Fsp3) is 0.286. The van der Waals surface area contributed by atoms with Crippen molar-refractivity contribution in [2.45, 2.75) is 42.6 Å². The minimum Gasteiger partial charge on any atom is -0.350 e. The number of rotatable bonds is 11. The van der Waals surface area contributed by atoms with Crippen LogP contribution < -0.4 is 15.5 Å². The quantitative estimate of drug-likeness (QED) is 0.104. The van der Waals surface area contributed by atoms with Crippen LogP contribution in [0, 0.1) is 6.92 Å². The fourth-order valence-electron chi connectivity index (χ4n) is 4.60. The number of amides is 1. The number of nitrogens with one attached hydrogen (secondary N) is 3. The van der Waals surface area contributed by atoms with Crippen molar-refractivity contribution in [3.05, 3.63) is 77.5 Å². The summed E-state index contributed by atoms with van der Waals surface area (Å²) in [4.78, 5) is 34.4. The topological polar surface area (TPSA) is 155 Å². The van der Waals surface area contributed by atoms with Crippen molar-refractivity contribution in [1.29, 1.82) is 0 Å². The van der Waals surface area contributed by atoms with Crippen LogP contribution in [0.15, 0.2) is 70.7 Å². The first-order valence-corrected chi connectivity index (χ1v) is 15.9. The third-order valence-corrected chi connectivity index (χ3v) is 8.59. The zero-order valence-corrected chi connectivity index (χ0v) is 26.0. The first-order valence-electron chi connectivity index (χ1n) is 13.6. The Bertz CT molecular complexity index is 1730. The van der Waals surface area contributed by atoms with Gasteiger partial charge in [-0.05, 0) is 68.9 Å². The molecule has 5 rings (SSSR count). The van der Waals surface area contributed by atoms with Crippen LogP contribution in [-0.2, 0) is 19.8 Å². The zero-order chi connectivity index (χ0) is 32.4. The number of aromatic amines is 1. The summed E-state index contributed by atoms with van der Waals surface area (Å²) in [5.74, 6) is 0.710. The average molecular weight is 664 g/mol. The first kappa shape index (κ1) is 32.4.